The van der Waals surface area contributed by atoms with Crippen LogP contribution >= 0.6 is 0 Å². The molecule has 0 aliphatic carbocycles. The Morgan fingerprint density at radius 3 is 1.96 bits per heavy atom. The van der Waals surface area contributed by atoms with E-state index in [1.54, 1.807) is 88.1 Å². The summed E-state index contributed by atoms with van der Waals surface area (Å²) in [5, 5.41) is 21.8. The van der Waals surface area contributed by atoms with E-state index in [2.05, 4.69) is 0 Å². The first-order chi connectivity index (χ1) is 22.3. The zero-order chi connectivity index (χ0) is 33.7. The second kappa shape index (κ2) is 11.7. The molecule has 4 N–H and O–H groups in total. The molecule has 4 aromatic carbocycles. The van der Waals surface area contributed by atoms with Crippen LogP contribution in [0.2, 0.25) is 0 Å². The molecule has 0 saturated heterocycles. The number of hydrogen-bond acceptors (Lipinski definition) is 6. The average Bonchev–Trinajstić information content (AvgIpc) is 3.45. The lowest BCUT2D eigenvalue weighted by Gasteiger charge is -2.06. The first-order valence-corrected chi connectivity index (χ1v) is 16.8. The summed E-state index contributed by atoms with van der Waals surface area (Å²) in [5.41, 5.74) is 2.09. The van der Waals surface area contributed by atoms with Crippen LogP contribution in [0.5, 0.6) is 0 Å². The quantitative estimate of drug-likeness (QED) is 0.0960. The van der Waals surface area contributed by atoms with Crippen LogP contribution in [-0.2, 0) is 36.4 Å². The van der Waals surface area contributed by atoms with Gasteiger partial charge in [-0.15, -0.1) is 0 Å². The molecule has 0 saturated carbocycles. The molecule has 0 atom stereocenters. The van der Waals surface area contributed by atoms with Gasteiger partial charge in [0.2, 0.25) is 17.9 Å². The van der Waals surface area contributed by atoms with Gasteiger partial charge in [-0.3, -0.25) is 13.9 Å². The summed E-state index contributed by atoms with van der Waals surface area (Å²) in [6.07, 6.45) is 11.8. The Morgan fingerprint density at radius 2 is 1.30 bits per heavy atom. The summed E-state index contributed by atoms with van der Waals surface area (Å²) in [7, 11) is -9.05. The van der Waals surface area contributed by atoms with E-state index in [4.69, 9.17) is 0 Å². The molecule has 1 aliphatic heterocycles. The number of carboxylic acid groups (broad SMARTS) is 2. The third-order valence-corrected chi connectivity index (χ3v) is 9.59. The maximum atomic E-state index is 12.0. The zero-order valence-electron chi connectivity index (χ0n) is 24.2. The molecule has 0 bridgehead atoms. The van der Waals surface area contributed by atoms with E-state index in [1.165, 1.54) is 24.3 Å². The van der Waals surface area contributed by atoms with Crippen LogP contribution in [0, 0.1) is 0 Å². The lowest BCUT2D eigenvalue weighted by Crippen LogP contribution is -2.21. The van der Waals surface area contributed by atoms with Crippen molar-refractivity contribution in [2.75, 3.05) is 6.54 Å². The molecule has 12 nitrogen and oxygen atoms in total. The summed E-state index contributed by atoms with van der Waals surface area (Å²) < 4.78 is 70.4. The Labute approximate surface area is 267 Å². The van der Waals surface area contributed by atoms with Gasteiger partial charge in [0.05, 0.1) is 16.5 Å². The van der Waals surface area contributed by atoms with E-state index in [-0.39, 0.29) is 33.7 Å². The monoisotopic (exact) mass is 673 g/mol. The van der Waals surface area contributed by atoms with Crippen molar-refractivity contribution in [1.29, 1.82) is 0 Å². The van der Waals surface area contributed by atoms with Crippen molar-refractivity contribution in [2.24, 2.45) is 0 Å². The average molecular weight is 674 g/mol. The van der Waals surface area contributed by atoms with Gasteiger partial charge >= 0.3 is 11.9 Å². The molecule has 5 aromatic rings. The minimum atomic E-state index is -4.52. The summed E-state index contributed by atoms with van der Waals surface area (Å²) in [6.45, 7) is -0.779. The van der Waals surface area contributed by atoms with Gasteiger partial charge in [0, 0.05) is 39.0 Å². The molecule has 14 heteroatoms. The number of aliphatic carboxylic acids is 2. The molecule has 2 heterocycles. The summed E-state index contributed by atoms with van der Waals surface area (Å²) in [4.78, 5) is 22.9. The van der Waals surface area contributed by atoms with Crippen molar-refractivity contribution in [3.8, 4) is 0 Å². The van der Waals surface area contributed by atoms with E-state index in [9.17, 15) is 45.7 Å². The van der Waals surface area contributed by atoms with Crippen molar-refractivity contribution in [3.63, 3.8) is 0 Å². The molecular weight excluding hydrogens is 649 g/mol. The van der Waals surface area contributed by atoms with Crippen LogP contribution < -0.4 is 5.35 Å². The van der Waals surface area contributed by atoms with Crippen molar-refractivity contribution in [2.45, 2.75) is 16.3 Å². The molecule has 0 amide bonds. The predicted octanol–water partition coefficient (Wildman–Crippen LogP) is 3.93. The molecule has 0 radical (unpaired) electrons. The summed E-state index contributed by atoms with van der Waals surface area (Å²) in [6, 6.07) is 15.2. The Kier molecular flexibility index (Phi) is 7.89. The van der Waals surface area contributed by atoms with Gasteiger partial charge in [-0.25, -0.2) is 4.79 Å². The van der Waals surface area contributed by atoms with Crippen molar-refractivity contribution >= 4 is 82.1 Å². The topological polar surface area (TPSA) is 191 Å². The lowest BCUT2D eigenvalue weighted by atomic mass is 10.0. The van der Waals surface area contributed by atoms with Gasteiger partial charge in [-0.1, -0.05) is 60.7 Å². The lowest BCUT2D eigenvalue weighted by molar-refractivity contribution is -0.425. The van der Waals surface area contributed by atoms with E-state index in [1.807, 2.05) is 0 Å². The van der Waals surface area contributed by atoms with Crippen LogP contribution in [0.25, 0.3) is 38.5 Å². The van der Waals surface area contributed by atoms with E-state index >= 15 is 0 Å². The largest absolute Gasteiger partial charge is 0.480 e. The van der Waals surface area contributed by atoms with Crippen LogP contribution in [0.3, 0.4) is 0 Å². The van der Waals surface area contributed by atoms with E-state index < -0.39 is 32.2 Å². The molecule has 238 valence electrons. The second-order valence-corrected chi connectivity index (χ2v) is 13.4. The molecule has 1 aromatic heterocycles. The summed E-state index contributed by atoms with van der Waals surface area (Å²) >= 11 is 0. The van der Waals surface area contributed by atoms with Crippen molar-refractivity contribution in [1.82, 2.24) is 4.57 Å². The standard InChI is InChI=1S/C33H24N2O10S2/c36-30(37)18-34-24(20-8-6-10-22-28(46(40,41)42)16-14-26(34)32(20)22)12-4-2-1-3-5-13-25-21-9-7-11-23-29(47(43,44)45)17-15-27(33(21)23)35(25)19-31(38)39/h1-17H,18-19H2,(H3-,36,37,38,39,40,41,42,43,44,45)/p+1. The number of hydrogen-bond donors (Lipinski definition) is 4. The Hall–Kier alpha value is -5.41. The van der Waals surface area contributed by atoms with Crippen LogP contribution in [-0.4, -0.2) is 69.5 Å². The third-order valence-electron chi connectivity index (χ3n) is 7.77. The van der Waals surface area contributed by atoms with Gasteiger partial charge in [0.1, 0.15) is 16.3 Å². The maximum Gasteiger partial charge on any atom is 0.370 e. The number of carbonyl (C=O) groups is 2. The van der Waals surface area contributed by atoms with E-state index in [0.29, 0.717) is 44.0 Å². The number of rotatable bonds is 10. The van der Waals surface area contributed by atoms with Crippen LogP contribution in [0.15, 0.2) is 107 Å². The highest BCUT2D eigenvalue weighted by molar-refractivity contribution is 7.86. The third kappa shape index (κ3) is 5.74. The highest BCUT2D eigenvalue weighted by atomic mass is 32.2. The molecule has 47 heavy (non-hydrogen) atoms. The number of nitrogens with zero attached hydrogens (tertiary/aromatic N) is 2. The molecular formula is C33H25N2O10S2+. The Balaban J connectivity index is 1.36. The highest BCUT2D eigenvalue weighted by Gasteiger charge is 2.34. The minimum Gasteiger partial charge on any atom is -0.480 e. The normalized spacial score (nSPS) is 14.4. The van der Waals surface area contributed by atoms with Gasteiger partial charge in [-0.2, -0.15) is 21.4 Å². The fourth-order valence-electron chi connectivity index (χ4n) is 6.06. The maximum absolute atomic E-state index is 12.0. The first kappa shape index (κ1) is 31.6. The van der Waals surface area contributed by atoms with Crippen molar-refractivity contribution < 1.29 is 50.3 Å². The molecule has 0 unspecified atom stereocenters. The second-order valence-electron chi connectivity index (χ2n) is 10.6. The fourth-order valence-corrected chi connectivity index (χ4v) is 7.43. The number of benzene rings is 4. The molecule has 0 fully saturated rings. The number of carboxylic acids is 2. The molecule has 6 rings (SSSR count). The smallest absolute Gasteiger partial charge is 0.370 e. The predicted molar refractivity (Wildman–Crippen MR) is 174 cm³/mol. The highest BCUT2D eigenvalue weighted by Crippen LogP contribution is 2.38. The van der Waals surface area contributed by atoms with Crippen LogP contribution in [0.1, 0.15) is 5.56 Å². The van der Waals surface area contributed by atoms with Gasteiger partial charge < -0.3 is 14.8 Å². The van der Waals surface area contributed by atoms with Crippen molar-refractivity contribution in [3.05, 3.63) is 108 Å². The van der Waals surface area contributed by atoms with Crippen LogP contribution in [0.4, 0.5) is 5.69 Å². The number of allylic oxidation sites excluding steroid dienone is 6. The van der Waals surface area contributed by atoms with E-state index in [0.717, 1.165) is 0 Å². The molecule has 1 aliphatic rings. The van der Waals surface area contributed by atoms with Gasteiger partial charge in [-0.05, 0) is 30.3 Å². The molecule has 0 spiro atoms. The first-order valence-electron chi connectivity index (χ1n) is 13.9. The fraction of sp³-hybridized carbons (Fsp3) is 0.0606. The Morgan fingerprint density at radius 1 is 0.702 bits per heavy atom. The van der Waals surface area contributed by atoms with Gasteiger partial charge in [0.25, 0.3) is 20.2 Å². The SMILES string of the molecule is O=C(O)Cn1/c(=C/C=C/C=C/C=C/C2=[N+](CC(=O)O)c3ccc(S(=O)(=O)O)c4cccc2c34)c2cccc3c(S(=O)(=O)O)ccc1c32. The minimum absolute atomic E-state index is 0.267. The Bertz CT molecular complexity index is 2580. The van der Waals surface area contributed by atoms with Gasteiger partial charge in [0.15, 0.2) is 0 Å². The zero-order valence-corrected chi connectivity index (χ0v) is 25.8. The number of aromatic nitrogens is 1. The summed E-state index contributed by atoms with van der Waals surface area (Å²) in [5.74, 6) is -2.20.